The standard InChI is InChI=1S/C34H19N3O/c1-2-9-20(10-3-1)34-35-19-28-32(36-34)25-13-6-7-15-26(25)37(28)27-18-17-24-22-12-5-4-11-21(22)23-14-8-16-29-30(23)31(24)33(27)38-29/h1-19H. The van der Waals surface area contributed by atoms with E-state index in [4.69, 9.17) is 14.4 Å². The Bertz CT molecular complexity index is 2340. The largest absolute Gasteiger partial charge is 0.454 e. The van der Waals surface area contributed by atoms with Crippen molar-refractivity contribution >= 4 is 65.4 Å². The molecule has 38 heavy (non-hydrogen) atoms. The van der Waals surface area contributed by atoms with Gasteiger partial charge in [-0.3, -0.25) is 0 Å². The zero-order valence-corrected chi connectivity index (χ0v) is 20.2. The summed E-state index contributed by atoms with van der Waals surface area (Å²) in [5, 5.41) is 8.36. The first kappa shape index (κ1) is 19.9. The predicted octanol–water partition coefficient (Wildman–Crippen LogP) is 8.88. The highest BCUT2D eigenvalue weighted by molar-refractivity contribution is 6.33. The highest BCUT2D eigenvalue weighted by Crippen LogP contribution is 2.45. The summed E-state index contributed by atoms with van der Waals surface area (Å²) in [5.74, 6) is 0.723. The van der Waals surface area contributed by atoms with Crippen molar-refractivity contribution in [3.63, 3.8) is 0 Å². The van der Waals surface area contributed by atoms with Crippen LogP contribution in [0.2, 0.25) is 0 Å². The molecule has 0 unspecified atom stereocenters. The zero-order chi connectivity index (χ0) is 24.8. The molecular weight excluding hydrogens is 466 g/mol. The van der Waals surface area contributed by atoms with Gasteiger partial charge in [-0.2, -0.15) is 0 Å². The first-order valence-electron chi connectivity index (χ1n) is 12.8. The second-order valence-electron chi connectivity index (χ2n) is 9.81. The van der Waals surface area contributed by atoms with Crippen LogP contribution in [0.1, 0.15) is 0 Å². The van der Waals surface area contributed by atoms with E-state index in [1.54, 1.807) is 0 Å². The third-order valence-electron chi connectivity index (χ3n) is 7.82. The second kappa shape index (κ2) is 7.17. The fourth-order valence-corrected chi connectivity index (χ4v) is 6.21. The monoisotopic (exact) mass is 485 g/mol. The lowest BCUT2D eigenvalue weighted by Crippen LogP contribution is -1.96. The van der Waals surface area contributed by atoms with Crippen LogP contribution in [-0.2, 0) is 0 Å². The molecule has 4 nitrogen and oxygen atoms in total. The fourth-order valence-electron chi connectivity index (χ4n) is 6.21. The minimum atomic E-state index is 0.723. The average Bonchev–Trinajstić information content (AvgIpc) is 3.54. The third kappa shape index (κ3) is 2.49. The maximum atomic E-state index is 6.67. The van der Waals surface area contributed by atoms with Gasteiger partial charge in [0.15, 0.2) is 11.4 Å². The Hall–Kier alpha value is -5.22. The molecule has 0 radical (unpaired) electrons. The number of hydrogen-bond donors (Lipinski definition) is 0. The van der Waals surface area contributed by atoms with Crippen molar-refractivity contribution < 1.29 is 4.42 Å². The van der Waals surface area contributed by atoms with Gasteiger partial charge in [0.2, 0.25) is 0 Å². The van der Waals surface area contributed by atoms with E-state index in [0.717, 1.165) is 50.2 Å². The smallest absolute Gasteiger partial charge is 0.160 e. The molecule has 0 aliphatic heterocycles. The Labute approximate surface area is 216 Å². The van der Waals surface area contributed by atoms with Gasteiger partial charge in [-0.15, -0.1) is 0 Å². The van der Waals surface area contributed by atoms with E-state index in [1.807, 2.05) is 36.5 Å². The molecule has 6 aromatic carbocycles. The van der Waals surface area contributed by atoms with Crippen LogP contribution in [0.15, 0.2) is 120 Å². The molecule has 3 heterocycles. The van der Waals surface area contributed by atoms with Gasteiger partial charge in [0.1, 0.15) is 11.1 Å². The quantitative estimate of drug-likeness (QED) is 0.230. The summed E-state index contributed by atoms with van der Waals surface area (Å²) < 4.78 is 8.92. The molecule has 9 aromatic rings. The molecule has 4 heteroatoms. The van der Waals surface area contributed by atoms with Crippen LogP contribution < -0.4 is 0 Å². The molecule has 0 aliphatic carbocycles. The molecule has 0 amide bonds. The average molecular weight is 486 g/mol. The van der Waals surface area contributed by atoms with Crippen molar-refractivity contribution in [3.8, 4) is 17.1 Å². The number of nitrogens with zero attached hydrogens (tertiary/aromatic N) is 3. The molecule has 176 valence electrons. The maximum absolute atomic E-state index is 6.67. The molecular formula is C34H19N3O. The Kier molecular flexibility index (Phi) is 3.76. The van der Waals surface area contributed by atoms with Gasteiger partial charge >= 0.3 is 0 Å². The van der Waals surface area contributed by atoms with Gasteiger partial charge < -0.3 is 8.98 Å². The van der Waals surface area contributed by atoms with Gasteiger partial charge in [-0.1, -0.05) is 91.0 Å². The van der Waals surface area contributed by atoms with Gasteiger partial charge in [0.05, 0.1) is 22.9 Å². The van der Waals surface area contributed by atoms with Crippen molar-refractivity contribution in [2.24, 2.45) is 0 Å². The minimum absolute atomic E-state index is 0.723. The molecule has 0 saturated heterocycles. The Morgan fingerprint density at radius 3 is 2.11 bits per heavy atom. The van der Waals surface area contributed by atoms with Gasteiger partial charge in [0, 0.05) is 21.7 Å². The summed E-state index contributed by atoms with van der Waals surface area (Å²) in [5.41, 5.74) is 6.75. The third-order valence-corrected chi connectivity index (χ3v) is 7.82. The number of furan rings is 1. The summed E-state index contributed by atoms with van der Waals surface area (Å²) in [4.78, 5) is 9.84. The number of para-hydroxylation sites is 1. The van der Waals surface area contributed by atoms with E-state index in [-0.39, 0.29) is 0 Å². The van der Waals surface area contributed by atoms with E-state index in [1.165, 1.54) is 32.3 Å². The Balaban J connectivity index is 1.43. The van der Waals surface area contributed by atoms with Crippen LogP contribution >= 0.6 is 0 Å². The first-order chi connectivity index (χ1) is 18.9. The summed E-state index contributed by atoms with van der Waals surface area (Å²) in [6, 6.07) is 38.0. The van der Waals surface area contributed by atoms with Crippen LogP contribution in [0.4, 0.5) is 0 Å². The SMILES string of the molecule is c1ccc(-c2ncc3c(n2)c2ccccc2n3-c2ccc3c4ccccc4c4cccc5oc2c3c54)cc1. The Morgan fingerprint density at radius 1 is 0.553 bits per heavy atom. The molecule has 0 N–H and O–H groups in total. The number of hydrogen-bond acceptors (Lipinski definition) is 3. The van der Waals surface area contributed by atoms with Crippen molar-refractivity contribution in [2.45, 2.75) is 0 Å². The lowest BCUT2D eigenvalue weighted by molar-refractivity contribution is 0.667. The van der Waals surface area contributed by atoms with E-state index >= 15 is 0 Å². The highest BCUT2D eigenvalue weighted by atomic mass is 16.3. The van der Waals surface area contributed by atoms with E-state index in [2.05, 4.69) is 83.4 Å². The lowest BCUT2D eigenvalue weighted by Gasteiger charge is -2.11. The van der Waals surface area contributed by atoms with Gasteiger partial charge in [0.25, 0.3) is 0 Å². The lowest BCUT2D eigenvalue weighted by atomic mass is 9.94. The van der Waals surface area contributed by atoms with Gasteiger partial charge in [-0.05, 0) is 39.7 Å². The molecule has 0 spiro atoms. The van der Waals surface area contributed by atoms with Crippen LogP contribution in [0.5, 0.6) is 0 Å². The molecule has 3 aromatic heterocycles. The predicted molar refractivity (Wildman–Crippen MR) is 155 cm³/mol. The highest BCUT2D eigenvalue weighted by Gasteiger charge is 2.22. The molecule has 9 rings (SSSR count). The van der Waals surface area contributed by atoms with Crippen molar-refractivity contribution in [3.05, 3.63) is 115 Å². The normalized spacial score (nSPS) is 12.2. The summed E-state index contributed by atoms with van der Waals surface area (Å²) >= 11 is 0. The van der Waals surface area contributed by atoms with Gasteiger partial charge in [-0.25, -0.2) is 9.97 Å². The van der Waals surface area contributed by atoms with E-state index in [0.29, 0.717) is 0 Å². The topological polar surface area (TPSA) is 43.9 Å². The van der Waals surface area contributed by atoms with E-state index in [9.17, 15) is 0 Å². The minimum Gasteiger partial charge on any atom is -0.454 e. The summed E-state index contributed by atoms with van der Waals surface area (Å²) in [6.07, 6.45) is 1.94. The number of rotatable bonds is 2. The summed E-state index contributed by atoms with van der Waals surface area (Å²) in [7, 11) is 0. The zero-order valence-electron chi connectivity index (χ0n) is 20.2. The van der Waals surface area contributed by atoms with Crippen molar-refractivity contribution in [1.82, 2.24) is 14.5 Å². The Morgan fingerprint density at radius 2 is 1.26 bits per heavy atom. The fraction of sp³-hybridized carbons (Fsp3) is 0. The number of benzene rings is 6. The second-order valence-corrected chi connectivity index (χ2v) is 9.81. The number of fused-ring (bicyclic) bond motifs is 6. The molecule has 0 aliphatic rings. The maximum Gasteiger partial charge on any atom is 0.160 e. The molecule has 0 fully saturated rings. The van der Waals surface area contributed by atoms with Crippen molar-refractivity contribution in [1.29, 1.82) is 0 Å². The first-order valence-corrected chi connectivity index (χ1v) is 12.8. The number of aromatic nitrogens is 3. The molecule has 0 saturated carbocycles. The van der Waals surface area contributed by atoms with Crippen molar-refractivity contribution in [2.75, 3.05) is 0 Å². The summed E-state index contributed by atoms with van der Waals surface area (Å²) in [6.45, 7) is 0. The van der Waals surface area contributed by atoms with Crippen LogP contribution in [0, 0.1) is 0 Å². The van der Waals surface area contributed by atoms with Crippen LogP contribution in [0.3, 0.4) is 0 Å². The van der Waals surface area contributed by atoms with E-state index < -0.39 is 0 Å². The van der Waals surface area contributed by atoms with Crippen LogP contribution in [0.25, 0.3) is 82.5 Å². The molecule has 0 bridgehead atoms. The molecule has 0 atom stereocenters. The van der Waals surface area contributed by atoms with Crippen LogP contribution in [-0.4, -0.2) is 14.5 Å².